The zero-order valence-corrected chi connectivity index (χ0v) is 16.9. The first-order valence-corrected chi connectivity index (χ1v) is 9.71. The summed E-state index contributed by atoms with van der Waals surface area (Å²) in [5.74, 6) is -0.566. The van der Waals surface area contributed by atoms with E-state index in [1.807, 2.05) is 19.0 Å². The second kappa shape index (κ2) is 8.16. The Hall–Kier alpha value is -3.39. The van der Waals surface area contributed by atoms with Crippen LogP contribution in [0, 0.1) is 0 Å². The first-order valence-electron chi connectivity index (χ1n) is 9.71. The molecule has 1 aromatic carbocycles. The van der Waals surface area contributed by atoms with Crippen molar-refractivity contribution in [2.24, 2.45) is 0 Å². The maximum Gasteiger partial charge on any atom is 0.295 e. The summed E-state index contributed by atoms with van der Waals surface area (Å²) in [4.78, 5) is 33.5. The fourth-order valence-electron chi connectivity index (χ4n) is 3.61. The fourth-order valence-corrected chi connectivity index (χ4v) is 3.61. The topological polar surface area (TPSA) is 92.2 Å². The number of hydrogen-bond donors (Lipinski definition) is 1. The Balaban J connectivity index is 1.81. The third kappa shape index (κ3) is 3.61. The quantitative estimate of drug-likeness (QED) is 0.458. The zero-order valence-electron chi connectivity index (χ0n) is 16.9. The molecule has 1 aromatic heterocycles. The molecule has 2 aliphatic rings. The molecule has 1 fully saturated rings. The lowest BCUT2D eigenvalue weighted by Crippen LogP contribution is -2.35. The Bertz CT molecular complexity index is 1000. The van der Waals surface area contributed by atoms with Crippen molar-refractivity contribution < 1.29 is 24.2 Å². The van der Waals surface area contributed by atoms with E-state index in [0.717, 1.165) is 0 Å². The van der Waals surface area contributed by atoms with Crippen LogP contribution in [0.2, 0.25) is 0 Å². The first kappa shape index (κ1) is 19.9. The number of hydrogen-bond acceptors (Lipinski definition) is 7. The van der Waals surface area contributed by atoms with Crippen LogP contribution >= 0.6 is 0 Å². The summed E-state index contributed by atoms with van der Waals surface area (Å²) in [7, 11) is 3.78. The van der Waals surface area contributed by atoms with Gasteiger partial charge in [-0.2, -0.15) is 0 Å². The van der Waals surface area contributed by atoms with E-state index in [4.69, 9.17) is 9.47 Å². The number of carbonyl (C=O) groups excluding carboxylic acids is 2. The smallest absolute Gasteiger partial charge is 0.295 e. The van der Waals surface area contributed by atoms with Gasteiger partial charge < -0.3 is 24.4 Å². The molecule has 0 bridgehead atoms. The van der Waals surface area contributed by atoms with Crippen LogP contribution in [0.4, 0.5) is 0 Å². The van der Waals surface area contributed by atoms with Gasteiger partial charge in [-0.25, -0.2) is 0 Å². The van der Waals surface area contributed by atoms with Crippen LogP contribution in [-0.4, -0.2) is 72.0 Å². The van der Waals surface area contributed by atoms with Crippen LogP contribution in [0.5, 0.6) is 11.5 Å². The van der Waals surface area contributed by atoms with Crippen LogP contribution in [-0.2, 0) is 9.59 Å². The van der Waals surface area contributed by atoms with Gasteiger partial charge in [-0.05, 0) is 44.4 Å². The summed E-state index contributed by atoms with van der Waals surface area (Å²) in [6.07, 6.45) is 1.60. The van der Waals surface area contributed by atoms with Crippen LogP contribution < -0.4 is 9.47 Å². The average Bonchev–Trinajstić information content (AvgIpc) is 3.02. The lowest BCUT2D eigenvalue weighted by Gasteiger charge is -2.25. The van der Waals surface area contributed by atoms with E-state index < -0.39 is 17.7 Å². The van der Waals surface area contributed by atoms with E-state index in [9.17, 15) is 14.7 Å². The molecular weight excluding hydrogens is 386 g/mol. The highest BCUT2D eigenvalue weighted by Gasteiger charge is 2.46. The monoisotopic (exact) mass is 409 g/mol. The minimum atomic E-state index is -0.764. The molecule has 2 aromatic rings. The Morgan fingerprint density at radius 2 is 1.93 bits per heavy atom. The highest BCUT2D eigenvalue weighted by Crippen LogP contribution is 2.40. The largest absolute Gasteiger partial charge is 0.507 e. The SMILES string of the molecule is CN(C)CCN1C(=O)C(=O)/C(=C(/O)c2ccc3c(c2)OCCO3)[C@H]1c1ccccn1. The number of amides is 1. The van der Waals surface area contributed by atoms with Gasteiger partial charge in [0.25, 0.3) is 11.7 Å². The Morgan fingerprint density at radius 1 is 1.17 bits per heavy atom. The minimum absolute atomic E-state index is 0.0223. The second-order valence-corrected chi connectivity index (χ2v) is 7.41. The number of rotatable bonds is 5. The molecule has 1 N–H and O–H groups in total. The van der Waals surface area contributed by atoms with Gasteiger partial charge in [-0.15, -0.1) is 0 Å². The summed E-state index contributed by atoms with van der Waals surface area (Å²) in [5.41, 5.74) is 0.925. The molecule has 0 spiro atoms. The lowest BCUT2D eigenvalue weighted by molar-refractivity contribution is -0.140. The Morgan fingerprint density at radius 3 is 2.63 bits per heavy atom. The number of carbonyl (C=O) groups is 2. The molecule has 8 heteroatoms. The molecule has 30 heavy (non-hydrogen) atoms. The zero-order chi connectivity index (χ0) is 21.3. The Kier molecular flexibility index (Phi) is 5.41. The highest BCUT2D eigenvalue weighted by molar-refractivity contribution is 6.46. The molecule has 4 rings (SSSR count). The third-order valence-electron chi connectivity index (χ3n) is 5.11. The van der Waals surface area contributed by atoms with Crippen molar-refractivity contribution in [1.82, 2.24) is 14.8 Å². The van der Waals surface area contributed by atoms with Gasteiger partial charge in [0.05, 0.1) is 11.3 Å². The minimum Gasteiger partial charge on any atom is -0.507 e. The number of fused-ring (bicyclic) bond motifs is 1. The van der Waals surface area contributed by atoms with Crippen molar-refractivity contribution in [2.45, 2.75) is 6.04 Å². The predicted molar refractivity (Wildman–Crippen MR) is 109 cm³/mol. The average molecular weight is 409 g/mol. The molecule has 1 saturated heterocycles. The molecule has 0 aliphatic carbocycles. The van der Waals surface area contributed by atoms with Crippen molar-refractivity contribution in [2.75, 3.05) is 40.4 Å². The van der Waals surface area contributed by atoms with E-state index in [1.54, 1.807) is 42.6 Å². The summed E-state index contributed by atoms with van der Waals surface area (Å²) in [5, 5.41) is 11.1. The van der Waals surface area contributed by atoms with Crippen LogP contribution in [0.1, 0.15) is 17.3 Å². The van der Waals surface area contributed by atoms with Crippen LogP contribution in [0.15, 0.2) is 48.2 Å². The maximum absolute atomic E-state index is 12.9. The molecule has 1 amide bonds. The number of likely N-dealkylation sites (tertiary alicyclic amines) is 1. The van der Waals surface area contributed by atoms with Crippen molar-refractivity contribution in [3.8, 4) is 11.5 Å². The molecule has 0 unspecified atom stereocenters. The van der Waals surface area contributed by atoms with Gasteiger partial charge in [-0.3, -0.25) is 14.6 Å². The van der Waals surface area contributed by atoms with Gasteiger partial charge in [0.2, 0.25) is 0 Å². The number of pyridine rings is 1. The molecule has 1 atom stereocenters. The van der Waals surface area contributed by atoms with Crippen molar-refractivity contribution in [1.29, 1.82) is 0 Å². The van der Waals surface area contributed by atoms with E-state index >= 15 is 0 Å². The van der Waals surface area contributed by atoms with E-state index in [-0.39, 0.29) is 11.3 Å². The fraction of sp³-hybridized carbons (Fsp3) is 0.318. The number of aromatic nitrogens is 1. The number of aliphatic hydroxyl groups excluding tert-OH is 1. The first-order chi connectivity index (χ1) is 14.5. The predicted octanol–water partition coefficient (Wildman–Crippen LogP) is 1.84. The molecule has 0 saturated carbocycles. The number of Topliss-reactive ketones (excluding diaryl/α,β-unsaturated/α-hetero) is 1. The lowest BCUT2D eigenvalue weighted by atomic mass is 9.98. The summed E-state index contributed by atoms with van der Waals surface area (Å²) in [6.45, 7) is 1.76. The maximum atomic E-state index is 12.9. The normalized spacial score (nSPS) is 20.1. The number of benzene rings is 1. The molecule has 156 valence electrons. The second-order valence-electron chi connectivity index (χ2n) is 7.41. The number of likely N-dealkylation sites (N-methyl/N-ethyl adjacent to an activating group) is 1. The number of nitrogens with zero attached hydrogens (tertiary/aromatic N) is 3. The highest BCUT2D eigenvalue weighted by atomic mass is 16.6. The van der Waals surface area contributed by atoms with E-state index in [0.29, 0.717) is 49.1 Å². The summed E-state index contributed by atoms with van der Waals surface area (Å²) < 4.78 is 11.1. The third-order valence-corrected chi connectivity index (χ3v) is 5.11. The van der Waals surface area contributed by atoms with Crippen LogP contribution in [0.3, 0.4) is 0 Å². The van der Waals surface area contributed by atoms with Crippen LogP contribution in [0.25, 0.3) is 5.76 Å². The molecule has 0 radical (unpaired) electrons. The molecule has 2 aliphatic heterocycles. The van der Waals surface area contributed by atoms with E-state index in [2.05, 4.69) is 4.98 Å². The van der Waals surface area contributed by atoms with E-state index in [1.165, 1.54) is 4.90 Å². The van der Waals surface area contributed by atoms with Gasteiger partial charge >= 0.3 is 0 Å². The number of ether oxygens (including phenoxy) is 2. The van der Waals surface area contributed by atoms with Gasteiger partial charge in [0.1, 0.15) is 25.0 Å². The number of aliphatic hydroxyl groups is 1. The van der Waals surface area contributed by atoms with Crippen molar-refractivity contribution >= 4 is 17.4 Å². The Labute approximate surface area is 174 Å². The summed E-state index contributed by atoms with van der Waals surface area (Å²) >= 11 is 0. The molecular formula is C22H23N3O5. The molecule has 8 nitrogen and oxygen atoms in total. The van der Waals surface area contributed by atoms with Gasteiger partial charge in [0.15, 0.2) is 11.5 Å². The van der Waals surface area contributed by atoms with Crippen molar-refractivity contribution in [3.05, 3.63) is 59.4 Å². The standard InChI is InChI=1S/C22H23N3O5/c1-24(2)9-10-25-19(15-5-3-4-8-23-15)18(21(27)22(25)28)20(26)14-6-7-16-17(13-14)30-12-11-29-16/h3-8,13,19,26H,9-12H2,1-2H3/b20-18+/t19-/m1/s1. The van der Waals surface area contributed by atoms with Gasteiger partial charge in [0, 0.05) is 24.8 Å². The van der Waals surface area contributed by atoms with Crippen molar-refractivity contribution in [3.63, 3.8) is 0 Å². The number of ketones is 1. The summed E-state index contributed by atoms with van der Waals surface area (Å²) in [6, 6.07) is 9.48. The van der Waals surface area contributed by atoms with Gasteiger partial charge in [-0.1, -0.05) is 6.07 Å². The molecule has 3 heterocycles.